The number of rotatable bonds is 18. The zero-order valence-corrected chi connectivity index (χ0v) is 17.7. The second kappa shape index (κ2) is 19.1. The Hall–Kier alpha value is -0.260. The summed E-state index contributed by atoms with van der Waals surface area (Å²) in [5.74, 6) is 0. The molecule has 0 aromatic carbocycles. The minimum Gasteiger partial charge on any atom is -0.0713 e. The van der Waals surface area contributed by atoms with Crippen LogP contribution in [0.4, 0.5) is 0 Å². The van der Waals surface area contributed by atoms with Crippen LogP contribution >= 0.6 is 0 Å². The number of hydrogen-bond donors (Lipinski definition) is 0. The molecule has 0 heterocycles. The Bertz CT molecular complexity index is 274. The third-order valence-electron chi connectivity index (χ3n) is 5.42. The first kappa shape index (κ1) is 23.7. The van der Waals surface area contributed by atoms with Crippen molar-refractivity contribution in [2.45, 2.75) is 143 Å². The van der Waals surface area contributed by atoms with Gasteiger partial charge in [0, 0.05) is 0 Å². The summed E-state index contributed by atoms with van der Waals surface area (Å²) in [5.41, 5.74) is 3.68. The number of hydrogen-bond acceptors (Lipinski definition) is 0. The van der Waals surface area contributed by atoms with Crippen molar-refractivity contribution in [2.24, 2.45) is 0 Å². The Kier molecular flexibility index (Phi) is 18.9. The highest BCUT2D eigenvalue weighted by molar-refractivity contribution is 5.14. The van der Waals surface area contributed by atoms with Gasteiger partial charge in [-0.2, -0.15) is 0 Å². The van der Waals surface area contributed by atoms with Gasteiger partial charge in [0.05, 0.1) is 0 Å². The fourth-order valence-corrected chi connectivity index (χ4v) is 3.73. The topological polar surface area (TPSA) is 0 Å². The highest BCUT2D eigenvalue weighted by Crippen LogP contribution is 2.26. The van der Waals surface area contributed by atoms with Crippen molar-refractivity contribution in [1.29, 1.82) is 0 Å². The van der Waals surface area contributed by atoms with E-state index in [0.29, 0.717) is 0 Å². The predicted molar refractivity (Wildman–Crippen MR) is 113 cm³/mol. The zero-order valence-electron chi connectivity index (χ0n) is 17.7. The maximum atomic E-state index is 2.38. The summed E-state index contributed by atoms with van der Waals surface area (Å²) in [4.78, 5) is 0. The Balaban J connectivity index is 4.17. The molecule has 0 nitrogen and oxygen atoms in total. The molecule has 0 aliphatic carbocycles. The zero-order chi connectivity index (χ0) is 17.9. The van der Waals surface area contributed by atoms with E-state index in [1.165, 1.54) is 116 Å². The molecule has 0 aliphatic heterocycles. The summed E-state index contributed by atoms with van der Waals surface area (Å²) in [7, 11) is 0. The minimum absolute atomic E-state index is 1.29. The van der Waals surface area contributed by atoms with Gasteiger partial charge in [0.15, 0.2) is 0 Å². The fourth-order valence-electron chi connectivity index (χ4n) is 3.73. The van der Waals surface area contributed by atoms with E-state index in [9.17, 15) is 0 Å². The van der Waals surface area contributed by atoms with Crippen LogP contribution in [0.5, 0.6) is 0 Å². The smallest absolute Gasteiger partial charge is 0.0318 e. The first-order chi connectivity index (χ1) is 11.8. The van der Waals surface area contributed by atoms with E-state index >= 15 is 0 Å². The van der Waals surface area contributed by atoms with Crippen LogP contribution in [0.15, 0.2) is 11.1 Å². The van der Waals surface area contributed by atoms with Crippen LogP contribution in [0.1, 0.15) is 143 Å². The van der Waals surface area contributed by atoms with Crippen LogP contribution in [0.25, 0.3) is 0 Å². The molecule has 0 fully saturated rings. The summed E-state index contributed by atoms with van der Waals surface area (Å²) < 4.78 is 0. The average molecular weight is 337 g/mol. The van der Waals surface area contributed by atoms with Crippen LogP contribution in [0, 0.1) is 0 Å². The van der Waals surface area contributed by atoms with Crippen molar-refractivity contribution in [1.82, 2.24) is 0 Å². The summed E-state index contributed by atoms with van der Waals surface area (Å²) in [6, 6.07) is 0. The van der Waals surface area contributed by atoms with Crippen LogP contribution in [0.3, 0.4) is 0 Å². The van der Waals surface area contributed by atoms with E-state index in [4.69, 9.17) is 0 Å². The summed E-state index contributed by atoms with van der Waals surface area (Å²) >= 11 is 0. The van der Waals surface area contributed by atoms with Crippen molar-refractivity contribution < 1.29 is 0 Å². The molecule has 0 radical (unpaired) electrons. The van der Waals surface area contributed by atoms with Crippen LogP contribution < -0.4 is 0 Å². The Labute approximate surface area is 154 Å². The second-order valence-corrected chi connectivity index (χ2v) is 7.70. The lowest BCUT2D eigenvalue weighted by molar-refractivity contribution is 0.567. The van der Waals surface area contributed by atoms with Gasteiger partial charge in [-0.3, -0.25) is 0 Å². The van der Waals surface area contributed by atoms with Gasteiger partial charge in [0.25, 0.3) is 0 Å². The lowest BCUT2D eigenvalue weighted by Crippen LogP contribution is -1.95. The highest BCUT2D eigenvalue weighted by Gasteiger charge is 2.06. The molecule has 0 unspecified atom stereocenters. The molecular formula is C24H48. The molecule has 0 aliphatic rings. The summed E-state index contributed by atoms with van der Waals surface area (Å²) in [6.07, 6.45) is 25.3. The van der Waals surface area contributed by atoms with Gasteiger partial charge in [-0.1, -0.05) is 109 Å². The van der Waals surface area contributed by atoms with Gasteiger partial charge in [-0.15, -0.1) is 0 Å². The minimum atomic E-state index is 1.29. The lowest BCUT2D eigenvalue weighted by atomic mass is 9.91. The summed E-state index contributed by atoms with van der Waals surface area (Å²) in [6.45, 7) is 9.33. The normalized spacial score (nSPS) is 12.5. The SMILES string of the molecule is CCCCCCCCCCC(CCCCC)=C(CC)CCCCC. The van der Waals surface area contributed by atoms with Gasteiger partial charge in [-0.25, -0.2) is 0 Å². The molecule has 0 rings (SSSR count). The quantitative estimate of drug-likeness (QED) is 0.173. The second-order valence-electron chi connectivity index (χ2n) is 7.70. The average Bonchev–Trinajstić information content (AvgIpc) is 2.60. The van der Waals surface area contributed by atoms with Gasteiger partial charge in [-0.05, 0) is 44.9 Å². The van der Waals surface area contributed by atoms with E-state index in [1.54, 1.807) is 0 Å². The standard InChI is InChI=1S/C24H48/c1-5-9-12-13-14-15-16-19-22-24(21-18-11-7-3)23(8-4)20-17-10-6-2/h5-22H2,1-4H3. The van der Waals surface area contributed by atoms with Crippen LogP contribution in [0.2, 0.25) is 0 Å². The molecule has 0 saturated carbocycles. The number of unbranched alkanes of at least 4 members (excludes halogenated alkanes) is 11. The molecule has 0 aromatic heterocycles. The van der Waals surface area contributed by atoms with E-state index in [-0.39, 0.29) is 0 Å². The Morgan fingerprint density at radius 3 is 1.17 bits per heavy atom. The lowest BCUT2D eigenvalue weighted by Gasteiger charge is -2.15. The Morgan fingerprint density at radius 2 is 0.708 bits per heavy atom. The Morgan fingerprint density at radius 1 is 0.375 bits per heavy atom. The molecule has 0 heteroatoms. The van der Waals surface area contributed by atoms with E-state index in [1.807, 2.05) is 11.1 Å². The molecule has 0 spiro atoms. The van der Waals surface area contributed by atoms with E-state index in [0.717, 1.165) is 0 Å². The molecule has 0 N–H and O–H groups in total. The van der Waals surface area contributed by atoms with Crippen molar-refractivity contribution in [2.75, 3.05) is 0 Å². The third kappa shape index (κ3) is 14.1. The molecule has 0 atom stereocenters. The molecule has 0 bridgehead atoms. The van der Waals surface area contributed by atoms with E-state index < -0.39 is 0 Å². The van der Waals surface area contributed by atoms with Crippen LogP contribution in [-0.4, -0.2) is 0 Å². The van der Waals surface area contributed by atoms with Gasteiger partial charge < -0.3 is 0 Å². The maximum Gasteiger partial charge on any atom is -0.0318 e. The summed E-state index contributed by atoms with van der Waals surface area (Å²) in [5, 5.41) is 0. The van der Waals surface area contributed by atoms with E-state index in [2.05, 4.69) is 27.7 Å². The van der Waals surface area contributed by atoms with Gasteiger partial charge in [0.2, 0.25) is 0 Å². The molecule has 0 aromatic rings. The third-order valence-corrected chi connectivity index (χ3v) is 5.42. The molecule has 0 saturated heterocycles. The first-order valence-corrected chi connectivity index (χ1v) is 11.5. The van der Waals surface area contributed by atoms with Gasteiger partial charge >= 0.3 is 0 Å². The number of allylic oxidation sites excluding steroid dienone is 2. The molecule has 0 amide bonds. The molecular weight excluding hydrogens is 288 g/mol. The van der Waals surface area contributed by atoms with Gasteiger partial charge in [0.1, 0.15) is 0 Å². The van der Waals surface area contributed by atoms with Crippen molar-refractivity contribution in [3.63, 3.8) is 0 Å². The molecule has 24 heavy (non-hydrogen) atoms. The van der Waals surface area contributed by atoms with Crippen molar-refractivity contribution in [3.05, 3.63) is 11.1 Å². The predicted octanol–water partition coefficient (Wildman–Crippen LogP) is 9.38. The molecule has 144 valence electrons. The fraction of sp³-hybridized carbons (Fsp3) is 0.917. The van der Waals surface area contributed by atoms with Crippen molar-refractivity contribution in [3.8, 4) is 0 Å². The maximum absolute atomic E-state index is 2.38. The largest absolute Gasteiger partial charge is 0.0713 e. The van der Waals surface area contributed by atoms with Crippen LogP contribution in [-0.2, 0) is 0 Å². The monoisotopic (exact) mass is 336 g/mol. The highest BCUT2D eigenvalue weighted by atomic mass is 14.1. The first-order valence-electron chi connectivity index (χ1n) is 11.5. The van der Waals surface area contributed by atoms with Crippen molar-refractivity contribution >= 4 is 0 Å².